The summed E-state index contributed by atoms with van der Waals surface area (Å²) in [6.45, 7) is 4.73. The largest absolute Gasteiger partial charge is 0.448 e. The summed E-state index contributed by atoms with van der Waals surface area (Å²) < 4.78 is 45.7. The van der Waals surface area contributed by atoms with E-state index in [0.717, 1.165) is 0 Å². The Balaban J connectivity index is 4.61. The van der Waals surface area contributed by atoms with Gasteiger partial charge in [0.05, 0.1) is 0 Å². The van der Waals surface area contributed by atoms with E-state index in [2.05, 4.69) is 4.74 Å². The molecule has 118 valence electrons. The van der Waals surface area contributed by atoms with E-state index in [4.69, 9.17) is 16.3 Å². The zero-order chi connectivity index (χ0) is 16.0. The molecule has 0 heterocycles. The lowest BCUT2D eigenvalue weighted by atomic mass is 10.1. The first-order valence-corrected chi connectivity index (χ1v) is 6.27. The maximum Gasteiger partial charge on any atom is 0.408 e. The lowest BCUT2D eigenvalue weighted by Gasteiger charge is -2.23. The van der Waals surface area contributed by atoms with Crippen molar-refractivity contribution in [2.75, 3.05) is 6.07 Å². The summed E-state index contributed by atoms with van der Waals surface area (Å²) in [5.41, 5.74) is -0.838. The van der Waals surface area contributed by atoms with Gasteiger partial charge in [0.2, 0.25) is 0 Å². The van der Waals surface area contributed by atoms with Crippen LogP contribution in [0.3, 0.4) is 0 Å². The van der Waals surface area contributed by atoms with E-state index in [1.807, 2.05) is 5.32 Å². The second-order valence-corrected chi connectivity index (χ2v) is 5.14. The Bertz CT molecular complexity index is 342. The number of carbonyl (C=O) groups excluding carboxylic acids is 2. The first-order valence-electron chi connectivity index (χ1n) is 5.73. The topological polar surface area (TPSA) is 64.6 Å². The Hall–Kier alpha value is -1.18. The number of nitrogens with one attached hydrogen (secondary N) is 1. The number of ether oxygens (including phenoxy) is 2. The molecule has 1 atom stereocenters. The summed E-state index contributed by atoms with van der Waals surface area (Å²) >= 11 is 5.16. The highest BCUT2D eigenvalue weighted by Crippen LogP contribution is 2.22. The minimum atomic E-state index is -4.45. The highest BCUT2D eigenvalue weighted by molar-refractivity contribution is 6.17. The first kappa shape index (κ1) is 18.8. The molecule has 20 heavy (non-hydrogen) atoms. The number of amides is 1. The average molecular weight is 320 g/mol. The van der Waals surface area contributed by atoms with Crippen LogP contribution in [0.25, 0.3) is 0 Å². The molecule has 1 N–H and O–H groups in total. The summed E-state index contributed by atoms with van der Waals surface area (Å²) in [6.07, 6.45) is -7.35. The van der Waals surface area contributed by atoms with Gasteiger partial charge in [0, 0.05) is 6.42 Å². The molecule has 0 aromatic carbocycles. The molecule has 0 aliphatic heterocycles. The van der Waals surface area contributed by atoms with Crippen LogP contribution in [0.4, 0.5) is 18.0 Å². The van der Waals surface area contributed by atoms with E-state index in [1.54, 1.807) is 20.8 Å². The number of hydrogen-bond acceptors (Lipinski definition) is 4. The zero-order valence-corrected chi connectivity index (χ0v) is 12.1. The second-order valence-electron chi connectivity index (χ2n) is 4.93. The van der Waals surface area contributed by atoms with Gasteiger partial charge >= 0.3 is 18.2 Å². The number of carbonyl (C=O) groups is 2. The van der Waals surface area contributed by atoms with Gasteiger partial charge in [-0.2, -0.15) is 13.2 Å². The minimum absolute atomic E-state index is 0.517. The van der Waals surface area contributed by atoms with Crippen LogP contribution in [0.1, 0.15) is 33.6 Å². The third-order valence-electron chi connectivity index (χ3n) is 1.89. The van der Waals surface area contributed by atoms with Crippen molar-refractivity contribution < 1.29 is 32.2 Å². The van der Waals surface area contributed by atoms with Crippen LogP contribution in [-0.2, 0) is 14.3 Å². The molecule has 9 heteroatoms. The SMILES string of the molecule is CC(C)(C)OC(=O)NC(CCC(F)(F)F)C(=O)OCCl. The predicted molar refractivity (Wildman–Crippen MR) is 65.3 cm³/mol. The Morgan fingerprint density at radius 1 is 1.25 bits per heavy atom. The number of rotatable bonds is 5. The predicted octanol–water partition coefficient (Wildman–Crippen LogP) is 2.96. The smallest absolute Gasteiger partial charge is 0.408 e. The molecule has 0 saturated heterocycles. The van der Waals surface area contributed by atoms with Gasteiger partial charge in [0.25, 0.3) is 0 Å². The van der Waals surface area contributed by atoms with E-state index < -0.39 is 48.8 Å². The maximum absolute atomic E-state index is 12.2. The monoisotopic (exact) mass is 319 g/mol. The van der Waals surface area contributed by atoms with Gasteiger partial charge in [0.1, 0.15) is 11.6 Å². The quantitative estimate of drug-likeness (QED) is 0.625. The number of hydrogen-bond donors (Lipinski definition) is 1. The van der Waals surface area contributed by atoms with Crippen molar-refractivity contribution in [1.29, 1.82) is 0 Å². The van der Waals surface area contributed by atoms with Gasteiger partial charge < -0.3 is 14.8 Å². The molecule has 0 saturated carbocycles. The van der Waals surface area contributed by atoms with E-state index in [9.17, 15) is 22.8 Å². The van der Waals surface area contributed by atoms with Gasteiger partial charge in [-0.05, 0) is 27.2 Å². The van der Waals surface area contributed by atoms with Crippen LogP contribution < -0.4 is 5.32 Å². The third kappa shape index (κ3) is 9.71. The van der Waals surface area contributed by atoms with Crippen molar-refractivity contribution in [3.05, 3.63) is 0 Å². The normalized spacial score (nSPS) is 13.6. The van der Waals surface area contributed by atoms with Crippen LogP contribution in [0.2, 0.25) is 0 Å². The molecule has 1 unspecified atom stereocenters. The summed E-state index contributed by atoms with van der Waals surface area (Å²) in [5, 5.41) is 2.04. The minimum Gasteiger partial charge on any atom is -0.448 e. The fourth-order valence-corrected chi connectivity index (χ4v) is 1.27. The molecule has 0 aliphatic rings. The standard InChI is InChI=1S/C11H17ClF3NO4/c1-10(2,3)20-9(18)16-7(8(17)19-6-12)4-5-11(13,14)15/h7H,4-6H2,1-3H3,(H,16,18). The van der Waals surface area contributed by atoms with Gasteiger partial charge in [-0.15, -0.1) is 0 Å². The van der Waals surface area contributed by atoms with Gasteiger partial charge in [0.15, 0.2) is 6.07 Å². The van der Waals surface area contributed by atoms with Gasteiger partial charge in [-0.3, -0.25) is 0 Å². The molecule has 0 aliphatic carbocycles. The molecule has 0 aromatic rings. The van der Waals surface area contributed by atoms with Crippen molar-refractivity contribution >= 4 is 23.7 Å². The lowest BCUT2D eigenvalue weighted by Crippen LogP contribution is -2.44. The molecule has 0 radical (unpaired) electrons. The first-order chi connectivity index (χ1) is 8.94. The number of esters is 1. The summed E-state index contributed by atoms with van der Waals surface area (Å²) in [4.78, 5) is 22.9. The Morgan fingerprint density at radius 3 is 2.20 bits per heavy atom. The molecular formula is C11H17ClF3NO4. The van der Waals surface area contributed by atoms with Gasteiger partial charge in [-0.1, -0.05) is 11.6 Å². The molecule has 0 rings (SSSR count). The molecule has 0 bridgehead atoms. The fraction of sp³-hybridized carbons (Fsp3) is 0.818. The van der Waals surface area contributed by atoms with E-state index >= 15 is 0 Å². The Labute approximate surface area is 119 Å². The van der Waals surface area contributed by atoms with Crippen molar-refractivity contribution in [1.82, 2.24) is 5.32 Å². The van der Waals surface area contributed by atoms with Crippen LogP contribution in [0.5, 0.6) is 0 Å². The highest BCUT2D eigenvalue weighted by Gasteiger charge is 2.32. The van der Waals surface area contributed by atoms with E-state index in [1.165, 1.54) is 0 Å². The van der Waals surface area contributed by atoms with Crippen molar-refractivity contribution in [2.45, 2.75) is 51.4 Å². The highest BCUT2D eigenvalue weighted by atomic mass is 35.5. The van der Waals surface area contributed by atoms with Crippen LogP contribution >= 0.6 is 11.6 Å². The molecular weight excluding hydrogens is 303 g/mol. The zero-order valence-electron chi connectivity index (χ0n) is 11.3. The number of alkyl carbamates (subject to hydrolysis) is 1. The molecule has 0 fully saturated rings. The van der Waals surface area contributed by atoms with E-state index in [-0.39, 0.29) is 0 Å². The van der Waals surface area contributed by atoms with Crippen LogP contribution in [-0.4, -0.2) is 35.9 Å². The summed E-state index contributed by atoms with van der Waals surface area (Å²) in [6, 6.07) is -1.98. The maximum atomic E-state index is 12.2. The van der Waals surface area contributed by atoms with Crippen LogP contribution in [0.15, 0.2) is 0 Å². The average Bonchev–Trinajstić information content (AvgIpc) is 2.20. The van der Waals surface area contributed by atoms with Crippen molar-refractivity contribution in [2.24, 2.45) is 0 Å². The fourth-order valence-electron chi connectivity index (χ4n) is 1.16. The molecule has 5 nitrogen and oxygen atoms in total. The number of alkyl halides is 4. The molecule has 1 amide bonds. The number of halogens is 4. The summed E-state index contributed by atoms with van der Waals surface area (Å²) in [5.74, 6) is -1.05. The van der Waals surface area contributed by atoms with Crippen molar-refractivity contribution in [3.63, 3.8) is 0 Å². The molecule has 0 spiro atoms. The lowest BCUT2D eigenvalue weighted by molar-refractivity contribution is -0.149. The van der Waals surface area contributed by atoms with E-state index in [0.29, 0.717) is 0 Å². The van der Waals surface area contributed by atoms with Crippen LogP contribution in [0, 0.1) is 0 Å². The van der Waals surface area contributed by atoms with Gasteiger partial charge in [-0.25, -0.2) is 9.59 Å². The Morgan fingerprint density at radius 2 is 1.80 bits per heavy atom. The Kier molecular flexibility index (Phi) is 7.12. The summed E-state index contributed by atoms with van der Waals surface area (Å²) in [7, 11) is 0. The third-order valence-corrected chi connectivity index (χ3v) is 2.00. The second kappa shape index (κ2) is 7.56. The molecule has 0 aromatic heterocycles. The van der Waals surface area contributed by atoms with Crippen molar-refractivity contribution in [3.8, 4) is 0 Å².